The maximum Gasteiger partial charge on any atom is 0.231 e. The summed E-state index contributed by atoms with van der Waals surface area (Å²) in [5.41, 5.74) is 7.26. The summed E-state index contributed by atoms with van der Waals surface area (Å²) in [6.45, 7) is 8.82. The van der Waals surface area contributed by atoms with Gasteiger partial charge in [-0.15, -0.1) is 0 Å². The molecule has 1 aromatic heterocycles. The number of carbonyl (C=O) groups excluding carboxylic acids is 1. The number of hydrogen-bond acceptors (Lipinski definition) is 4. The zero-order valence-electron chi connectivity index (χ0n) is 20.5. The molecule has 3 aromatic carbocycles. The fourth-order valence-corrected chi connectivity index (χ4v) is 4.19. The van der Waals surface area contributed by atoms with Gasteiger partial charge >= 0.3 is 0 Å². The largest absolute Gasteiger partial charge is 0.493 e. The maximum absolute atomic E-state index is 13.2. The molecule has 176 valence electrons. The Morgan fingerprint density at radius 1 is 0.971 bits per heavy atom. The zero-order valence-corrected chi connectivity index (χ0v) is 20.5. The van der Waals surface area contributed by atoms with Crippen LogP contribution in [0.2, 0.25) is 0 Å². The van der Waals surface area contributed by atoms with Crippen molar-refractivity contribution in [2.45, 2.75) is 34.1 Å². The number of benzene rings is 3. The number of nitrogens with zero attached hydrogens (tertiary/aromatic N) is 2. The minimum Gasteiger partial charge on any atom is -0.493 e. The van der Waals surface area contributed by atoms with Gasteiger partial charge < -0.3 is 9.47 Å². The fourth-order valence-electron chi connectivity index (χ4n) is 4.19. The Hall–Kier alpha value is -4.12. The molecule has 5 nitrogen and oxygen atoms in total. The first-order valence-corrected chi connectivity index (χ1v) is 11.9. The predicted octanol–water partition coefficient (Wildman–Crippen LogP) is 6.87. The summed E-state index contributed by atoms with van der Waals surface area (Å²) in [6.07, 6.45) is 4.69. The first-order chi connectivity index (χ1) is 16.9. The van der Waals surface area contributed by atoms with E-state index in [1.807, 2.05) is 86.2 Å². The number of fused-ring (bicyclic) bond motifs is 1. The third-order valence-electron chi connectivity index (χ3n) is 6.24. The second kappa shape index (κ2) is 9.26. The lowest BCUT2D eigenvalue weighted by molar-refractivity contribution is 0.101. The molecule has 4 aromatic rings. The molecule has 0 fully saturated rings. The van der Waals surface area contributed by atoms with Crippen LogP contribution in [0.1, 0.15) is 46.0 Å². The maximum atomic E-state index is 13.2. The van der Waals surface area contributed by atoms with Gasteiger partial charge in [-0.1, -0.05) is 25.1 Å². The van der Waals surface area contributed by atoms with E-state index in [-0.39, 0.29) is 5.78 Å². The smallest absolute Gasteiger partial charge is 0.231 e. The SMILES string of the molecule is CCCOc1ccc(-c2nn(-c3ccccc3)cc2/C=C2\Oc3cc(C)c(C)cc3C2=O)cc1C. The number of carbonyl (C=O) groups is 1. The monoisotopic (exact) mass is 464 g/mol. The molecule has 0 unspecified atom stereocenters. The standard InChI is InChI=1S/C30H28N2O3/c1-5-13-34-26-12-11-22(14-21(26)4)29-23(18-32(31-29)24-9-7-6-8-10-24)17-28-30(33)25-15-19(2)20(3)16-27(25)35-28/h6-12,14-18H,5,13H2,1-4H3/b28-17-. The van der Waals surface area contributed by atoms with Crippen molar-refractivity contribution in [3.05, 3.63) is 100 Å². The summed E-state index contributed by atoms with van der Waals surface area (Å²) in [6, 6.07) is 19.8. The normalized spacial score (nSPS) is 13.7. The molecule has 0 aliphatic carbocycles. The average Bonchev–Trinajstić information content (AvgIpc) is 3.41. The lowest BCUT2D eigenvalue weighted by atomic mass is 10.0. The molecular weight excluding hydrogens is 436 g/mol. The topological polar surface area (TPSA) is 53.4 Å². The predicted molar refractivity (Wildman–Crippen MR) is 138 cm³/mol. The van der Waals surface area contributed by atoms with Crippen molar-refractivity contribution in [1.82, 2.24) is 9.78 Å². The zero-order chi connectivity index (χ0) is 24.5. The summed E-state index contributed by atoms with van der Waals surface area (Å²) in [5.74, 6) is 1.67. The van der Waals surface area contributed by atoms with E-state index in [2.05, 4.69) is 13.0 Å². The van der Waals surface area contributed by atoms with E-state index in [1.165, 1.54) is 0 Å². The highest BCUT2D eigenvalue weighted by Gasteiger charge is 2.28. The highest BCUT2D eigenvalue weighted by atomic mass is 16.5. The van der Waals surface area contributed by atoms with Gasteiger partial charge in [-0.2, -0.15) is 5.10 Å². The molecule has 0 bridgehead atoms. The molecule has 35 heavy (non-hydrogen) atoms. The summed E-state index contributed by atoms with van der Waals surface area (Å²) in [4.78, 5) is 13.2. The van der Waals surface area contributed by atoms with Crippen molar-refractivity contribution in [1.29, 1.82) is 0 Å². The molecular formula is C30H28N2O3. The van der Waals surface area contributed by atoms with E-state index in [0.717, 1.165) is 51.4 Å². The van der Waals surface area contributed by atoms with Crippen LogP contribution in [-0.2, 0) is 0 Å². The number of ether oxygens (including phenoxy) is 2. The quantitative estimate of drug-likeness (QED) is 0.292. The third kappa shape index (κ3) is 4.37. The summed E-state index contributed by atoms with van der Waals surface area (Å²) >= 11 is 0. The van der Waals surface area contributed by atoms with E-state index < -0.39 is 0 Å². The number of aryl methyl sites for hydroxylation is 3. The molecule has 0 N–H and O–H groups in total. The van der Waals surface area contributed by atoms with Crippen LogP contribution >= 0.6 is 0 Å². The van der Waals surface area contributed by atoms with Gasteiger partial charge in [0.15, 0.2) is 5.76 Å². The Kier molecular flexibility index (Phi) is 6.00. The number of allylic oxidation sites excluding steroid dienone is 1. The van der Waals surface area contributed by atoms with Gasteiger partial charge in [-0.25, -0.2) is 4.68 Å². The van der Waals surface area contributed by atoms with Crippen LogP contribution in [0.3, 0.4) is 0 Å². The molecule has 0 radical (unpaired) electrons. The fraction of sp³-hybridized carbons (Fsp3) is 0.200. The third-order valence-corrected chi connectivity index (χ3v) is 6.24. The van der Waals surface area contributed by atoms with E-state index in [1.54, 1.807) is 6.08 Å². The van der Waals surface area contributed by atoms with Gasteiger partial charge in [0.05, 0.1) is 17.9 Å². The molecule has 1 aliphatic rings. The van der Waals surface area contributed by atoms with Gasteiger partial charge in [0.25, 0.3) is 0 Å². The number of para-hydroxylation sites is 1. The lowest BCUT2D eigenvalue weighted by Gasteiger charge is -2.09. The van der Waals surface area contributed by atoms with E-state index in [0.29, 0.717) is 23.7 Å². The van der Waals surface area contributed by atoms with Crippen LogP contribution in [0.4, 0.5) is 0 Å². The molecule has 0 saturated carbocycles. The number of Topliss-reactive ketones (excluding diaryl/α,β-unsaturated/α-hetero) is 1. The van der Waals surface area contributed by atoms with Crippen LogP contribution in [0.15, 0.2) is 72.6 Å². The number of ketones is 1. The van der Waals surface area contributed by atoms with Crippen LogP contribution in [-0.4, -0.2) is 22.2 Å². The van der Waals surface area contributed by atoms with Crippen molar-refractivity contribution < 1.29 is 14.3 Å². The van der Waals surface area contributed by atoms with Crippen LogP contribution in [0, 0.1) is 20.8 Å². The van der Waals surface area contributed by atoms with Crippen molar-refractivity contribution >= 4 is 11.9 Å². The van der Waals surface area contributed by atoms with E-state index in [9.17, 15) is 4.79 Å². The molecule has 0 atom stereocenters. The first kappa shape index (κ1) is 22.7. The van der Waals surface area contributed by atoms with Gasteiger partial charge in [0, 0.05) is 17.3 Å². The second-order valence-electron chi connectivity index (χ2n) is 8.91. The Morgan fingerprint density at radius 3 is 2.49 bits per heavy atom. The van der Waals surface area contributed by atoms with Gasteiger partial charge in [0.2, 0.25) is 5.78 Å². The Morgan fingerprint density at radius 2 is 1.74 bits per heavy atom. The van der Waals surface area contributed by atoms with Gasteiger partial charge in [-0.05, 0) is 92.4 Å². The molecule has 1 aliphatic heterocycles. The minimum atomic E-state index is -0.110. The lowest BCUT2D eigenvalue weighted by Crippen LogP contribution is -1.99. The van der Waals surface area contributed by atoms with Crippen LogP contribution in [0.25, 0.3) is 23.0 Å². The van der Waals surface area contributed by atoms with Gasteiger partial charge in [0.1, 0.15) is 17.2 Å². The van der Waals surface area contributed by atoms with Gasteiger partial charge in [-0.3, -0.25) is 4.79 Å². The molecule has 5 heteroatoms. The minimum absolute atomic E-state index is 0.110. The average molecular weight is 465 g/mol. The van der Waals surface area contributed by atoms with Crippen molar-refractivity contribution in [3.8, 4) is 28.4 Å². The first-order valence-electron chi connectivity index (χ1n) is 11.9. The molecule has 0 saturated heterocycles. The Labute approximate surface area is 205 Å². The van der Waals surface area contributed by atoms with Crippen molar-refractivity contribution in [3.63, 3.8) is 0 Å². The van der Waals surface area contributed by atoms with Crippen molar-refractivity contribution in [2.75, 3.05) is 6.61 Å². The van der Waals surface area contributed by atoms with Crippen LogP contribution in [0.5, 0.6) is 11.5 Å². The molecule has 0 spiro atoms. The highest BCUT2D eigenvalue weighted by molar-refractivity contribution is 6.14. The summed E-state index contributed by atoms with van der Waals surface area (Å²) in [7, 11) is 0. The van der Waals surface area contributed by atoms with Crippen molar-refractivity contribution in [2.24, 2.45) is 0 Å². The molecule has 2 heterocycles. The summed E-state index contributed by atoms with van der Waals surface area (Å²) < 4.78 is 13.7. The van der Waals surface area contributed by atoms with E-state index in [4.69, 9.17) is 14.6 Å². The molecule has 5 rings (SSSR count). The highest BCUT2D eigenvalue weighted by Crippen LogP contribution is 2.36. The van der Waals surface area contributed by atoms with Crippen LogP contribution < -0.4 is 9.47 Å². The number of aromatic nitrogens is 2. The number of rotatable bonds is 6. The van der Waals surface area contributed by atoms with E-state index >= 15 is 0 Å². The summed E-state index contributed by atoms with van der Waals surface area (Å²) in [5, 5.41) is 4.89. The number of hydrogen-bond donors (Lipinski definition) is 0. The molecule has 0 amide bonds. The Bertz CT molecular complexity index is 1450. The Balaban J connectivity index is 1.59. The second-order valence-corrected chi connectivity index (χ2v) is 8.91.